The van der Waals surface area contributed by atoms with Gasteiger partial charge in [-0.15, -0.1) is 24.0 Å². The minimum absolute atomic E-state index is 0. The molecule has 0 atom stereocenters. The number of hydrogen-bond acceptors (Lipinski definition) is 3. The van der Waals surface area contributed by atoms with E-state index in [9.17, 15) is 5.11 Å². The highest BCUT2D eigenvalue weighted by Gasteiger charge is 2.02. The lowest BCUT2D eigenvalue weighted by Gasteiger charge is -2.07. The minimum atomic E-state index is 0. The standard InChI is InChI=1S/C16H19N3O2.HI/c1-11-3-6-13(7-4-11)19-16(17)18-10-12-5-8-15(21-2)14(20)9-12;/h3-9,20H,10H2,1-2H3,(H3,17,18,19);1H. The van der Waals surface area contributed by atoms with Gasteiger partial charge in [-0.1, -0.05) is 23.8 Å². The summed E-state index contributed by atoms with van der Waals surface area (Å²) in [6, 6.07) is 13.0. The Kier molecular flexibility index (Phi) is 6.97. The number of aryl methyl sites for hydroxylation is 1. The number of anilines is 1. The average Bonchev–Trinajstić information content (AvgIpc) is 2.48. The van der Waals surface area contributed by atoms with E-state index in [2.05, 4.69) is 10.3 Å². The van der Waals surface area contributed by atoms with E-state index in [4.69, 9.17) is 10.5 Å². The van der Waals surface area contributed by atoms with Gasteiger partial charge >= 0.3 is 0 Å². The summed E-state index contributed by atoms with van der Waals surface area (Å²) in [6.45, 7) is 2.40. The third-order valence-electron chi connectivity index (χ3n) is 3.00. The van der Waals surface area contributed by atoms with Crippen molar-refractivity contribution in [2.45, 2.75) is 13.5 Å². The van der Waals surface area contributed by atoms with E-state index in [1.54, 1.807) is 12.1 Å². The Morgan fingerprint density at radius 2 is 1.91 bits per heavy atom. The lowest BCUT2D eigenvalue weighted by molar-refractivity contribution is 0.373. The summed E-state index contributed by atoms with van der Waals surface area (Å²) in [5.41, 5.74) is 8.76. The number of methoxy groups -OCH3 is 1. The number of hydrogen-bond donors (Lipinski definition) is 3. The van der Waals surface area contributed by atoms with Crippen LogP contribution in [0.2, 0.25) is 0 Å². The lowest BCUT2D eigenvalue weighted by Crippen LogP contribution is -2.22. The third-order valence-corrected chi connectivity index (χ3v) is 3.00. The summed E-state index contributed by atoms with van der Waals surface area (Å²) >= 11 is 0. The van der Waals surface area contributed by atoms with Crippen molar-refractivity contribution in [1.29, 1.82) is 0 Å². The zero-order valence-corrected chi connectivity index (χ0v) is 14.9. The van der Waals surface area contributed by atoms with Crippen LogP contribution in [0.1, 0.15) is 11.1 Å². The minimum Gasteiger partial charge on any atom is -0.504 e. The van der Waals surface area contributed by atoms with Gasteiger partial charge in [-0.05, 0) is 36.8 Å². The molecule has 0 unspecified atom stereocenters. The molecule has 0 heterocycles. The molecular formula is C16H20IN3O2. The second-order valence-corrected chi connectivity index (χ2v) is 4.70. The van der Waals surface area contributed by atoms with Crippen molar-refractivity contribution < 1.29 is 9.84 Å². The first-order chi connectivity index (χ1) is 10.1. The summed E-state index contributed by atoms with van der Waals surface area (Å²) in [7, 11) is 1.51. The lowest BCUT2D eigenvalue weighted by atomic mass is 10.2. The van der Waals surface area contributed by atoms with Crippen molar-refractivity contribution in [2.24, 2.45) is 10.7 Å². The number of halogens is 1. The molecule has 0 aliphatic rings. The molecule has 6 heteroatoms. The Morgan fingerprint density at radius 3 is 2.50 bits per heavy atom. The van der Waals surface area contributed by atoms with Crippen LogP contribution >= 0.6 is 24.0 Å². The maximum Gasteiger partial charge on any atom is 0.193 e. The molecular weight excluding hydrogens is 393 g/mol. The molecule has 2 rings (SSSR count). The Bertz CT molecular complexity index is 642. The maximum atomic E-state index is 9.70. The summed E-state index contributed by atoms with van der Waals surface area (Å²) in [5.74, 6) is 0.859. The van der Waals surface area contributed by atoms with Gasteiger partial charge in [0.1, 0.15) is 0 Å². The number of nitrogens with one attached hydrogen (secondary N) is 1. The van der Waals surface area contributed by atoms with Gasteiger partial charge in [0.25, 0.3) is 0 Å². The molecule has 2 aromatic carbocycles. The fraction of sp³-hybridized carbons (Fsp3) is 0.188. The molecule has 0 bridgehead atoms. The zero-order valence-electron chi connectivity index (χ0n) is 12.5. The number of nitrogens with zero attached hydrogens (tertiary/aromatic N) is 1. The van der Waals surface area contributed by atoms with Crippen LogP contribution in [0, 0.1) is 6.92 Å². The van der Waals surface area contributed by atoms with Crippen molar-refractivity contribution in [3.8, 4) is 11.5 Å². The molecule has 0 aromatic heterocycles. The highest BCUT2D eigenvalue weighted by molar-refractivity contribution is 14.0. The molecule has 0 radical (unpaired) electrons. The van der Waals surface area contributed by atoms with Gasteiger partial charge in [-0.3, -0.25) is 0 Å². The second-order valence-electron chi connectivity index (χ2n) is 4.70. The van der Waals surface area contributed by atoms with Gasteiger partial charge in [0.05, 0.1) is 13.7 Å². The Hall–Kier alpha value is -1.96. The first-order valence-corrected chi connectivity index (χ1v) is 6.58. The monoisotopic (exact) mass is 413 g/mol. The van der Waals surface area contributed by atoms with Crippen LogP contribution in [0.25, 0.3) is 0 Å². The number of rotatable bonds is 4. The second kappa shape index (κ2) is 8.47. The first-order valence-electron chi connectivity index (χ1n) is 6.58. The molecule has 118 valence electrons. The molecule has 0 aliphatic carbocycles. The maximum absolute atomic E-state index is 9.70. The van der Waals surface area contributed by atoms with E-state index in [1.807, 2.05) is 37.3 Å². The number of phenols is 1. The van der Waals surface area contributed by atoms with Crippen molar-refractivity contribution in [3.05, 3.63) is 53.6 Å². The third kappa shape index (κ3) is 5.10. The SMILES string of the molecule is COc1ccc(CN=C(N)Nc2ccc(C)cc2)cc1O.I. The zero-order chi connectivity index (χ0) is 15.2. The van der Waals surface area contributed by atoms with Gasteiger partial charge in [0.2, 0.25) is 0 Å². The van der Waals surface area contributed by atoms with E-state index >= 15 is 0 Å². The van der Waals surface area contributed by atoms with Gasteiger partial charge in [0.15, 0.2) is 17.5 Å². The largest absolute Gasteiger partial charge is 0.504 e. The number of guanidine groups is 1. The average molecular weight is 413 g/mol. The van der Waals surface area contributed by atoms with E-state index in [0.29, 0.717) is 18.3 Å². The van der Waals surface area contributed by atoms with Crippen LogP contribution in [0.4, 0.5) is 5.69 Å². The Labute approximate surface area is 147 Å². The summed E-state index contributed by atoms with van der Waals surface area (Å²) < 4.78 is 4.99. The molecule has 0 amide bonds. The normalized spacial score (nSPS) is 10.7. The molecule has 2 aromatic rings. The smallest absolute Gasteiger partial charge is 0.193 e. The number of nitrogens with two attached hydrogens (primary N) is 1. The van der Waals surface area contributed by atoms with E-state index in [0.717, 1.165) is 11.3 Å². The van der Waals surface area contributed by atoms with Crippen molar-refractivity contribution >= 4 is 35.6 Å². The van der Waals surface area contributed by atoms with Gasteiger partial charge in [-0.25, -0.2) is 4.99 Å². The topological polar surface area (TPSA) is 79.9 Å². The molecule has 22 heavy (non-hydrogen) atoms. The highest BCUT2D eigenvalue weighted by Crippen LogP contribution is 2.26. The Morgan fingerprint density at radius 1 is 1.23 bits per heavy atom. The fourth-order valence-corrected chi connectivity index (χ4v) is 1.83. The number of aromatic hydroxyl groups is 1. The molecule has 0 fully saturated rings. The van der Waals surface area contributed by atoms with Gasteiger partial charge in [0, 0.05) is 5.69 Å². The molecule has 0 aliphatic heterocycles. The van der Waals surface area contributed by atoms with Crippen LogP contribution in [-0.2, 0) is 6.54 Å². The van der Waals surface area contributed by atoms with Crippen LogP contribution in [0.15, 0.2) is 47.5 Å². The molecule has 5 nitrogen and oxygen atoms in total. The van der Waals surface area contributed by atoms with Crippen molar-refractivity contribution in [3.63, 3.8) is 0 Å². The number of aliphatic imine (C=N–C) groups is 1. The summed E-state index contributed by atoms with van der Waals surface area (Å²) in [4.78, 5) is 4.24. The molecule has 0 spiro atoms. The summed E-state index contributed by atoms with van der Waals surface area (Å²) in [5, 5.41) is 12.7. The predicted octanol–water partition coefficient (Wildman–Crippen LogP) is 3.25. The highest BCUT2D eigenvalue weighted by atomic mass is 127. The van der Waals surface area contributed by atoms with Crippen LogP contribution in [0.5, 0.6) is 11.5 Å². The summed E-state index contributed by atoms with van der Waals surface area (Å²) in [6.07, 6.45) is 0. The van der Waals surface area contributed by atoms with Gasteiger partial charge < -0.3 is 20.9 Å². The van der Waals surface area contributed by atoms with E-state index < -0.39 is 0 Å². The van der Waals surface area contributed by atoms with E-state index in [1.165, 1.54) is 12.7 Å². The van der Waals surface area contributed by atoms with Crippen LogP contribution in [-0.4, -0.2) is 18.2 Å². The molecule has 0 saturated heterocycles. The predicted molar refractivity (Wildman–Crippen MR) is 100 cm³/mol. The van der Waals surface area contributed by atoms with Crippen LogP contribution in [0.3, 0.4) is 0 Å². The number of benzene rings is 2. The molecule has 0 saturated carbocycles. The number of phenolic OH excluding ortho intramolecular Hbond substituents is 1. The fourth-order valence-electron chi connectivity index (χ4n) is 1.83. The van der Waals surface area contributed by atoms with E-state index in [-0.39, 0.29) is 29.7 Å². The quantitative estimate of drug-likeness (QED) is 0.409. The Balaban J connectivity index is 0.00000242. The first kappa shape index (κ1) is 18.1. The van der Waals surface area contributed by atoms with Crippen molar-refractivity contribution in [1.82, 2.24) is 0 Å². The van der Waals surface area contributed by atoms with Crippen LogP contribution < -0.4 is 15.8 Å². The number of ether oxygens (including phenoxy) is 1. The van der Waals surface area contributed by atoms with Gasteiger partial charge in [-0.2, -0.15) is 0 Å². The van der Waals surface area contributed by atoms with Crippen molar-refractivity contribution in [2.75, 3.05) is 12.4 Å². The molecule has 4 N–H and O–H groups in total.